The normalized spacial score (nSPS) is 30.9. The minimum atomic E-state index is -0.345. The first-order chi connectivity index (χ1) is 19.1. The summed E-state index contributed by atoms with van der Waals surface area (Å²) in [5.41, 5.74) is 2.48. The molecule has 3 fully saturated rings. The second-order valence-corrected chi connectivity index (χ2v) is 12.1. The molecule has 0 bridgehead atoms. The SMILES string of the molecule is CCCCC[C@@H](CC[C@@H]1[C@H]2Cc3cccc(OCC(=O)OC4CCOC4)c3C[C@H]2C[C@H]1O)OC1CCCCO1. The van der Waals surface area contributed by atoms with E-state index in [0.717, 1.165) is 70.1 Å². The molecule has 7 nitrogen and oxygen atoms in total. The van der Waals surface area contributed by atoms with Gasteiger partial charge < -0.3 is 28.8 Å². The monoisotopic (exact) mass is 544 g/mol. The van der Waals surface area contributed by atoms with Gasteiger partial charge in [-0.25, -0.2) is 4.79 Å². The van der Waals surface area contributed by atoms with Crippen LogP contribution in [0.4, 0.5) is 0 Å². The Morgan fingerprint density at radius 1 is 1.13 bits per heavy atom. The summed E-state index contributed by atoms with van der Waals surface area (Å²) >= 11 is 0. The van der Waals surface area contributed by atoms with Crippen LogP contribution in [0.3, 0.4) is 0 Å². The Balaban J connectivity index is 1.17. The smallest absolute Gasteiger partial charge is 0.344 e. The Morgan fingerprint density at radius 3 is 2.85 bits per heavy atom. The second kappa shape index (κ2) is 14.3. The van der Waals surface area contributed by atoms with E-state index in [4.69, 9.17) is 23.7 Å². The summed E-state index contributed by atoms with van der Waals surface area (Å²) in [5, 5.41) is 11.2. The maximum Gasteiger partial charge on any atom is 0.344 e. The number of benzene rings is 1. The average Bonchev–Trinajstić information content (AvgIpc) is 3.56. The lowest BCUT2D eigenvalue weighted by molar-refractivity contribution is -0.191. The summed E-state index contributed by atoms with van der Waals surface area (Å²) in [6.45, 7) is 4.07. The van der Waals surface area contributed by atoms with Gasteiger partial charge in [-0.3, -0.25) is 0 Å². The largest absolute Gasteiger partial charge is 0.482 e. The van der Waals surface area contributed by atoms with Crippen molar-refractivity contribution in [3.05, 3.63) is 29.3 Å². The lowest BCUT2D eigenvalue weighted by atomic mass is 9.73. The van der Waals surface area contributed by atoms with Crippen molar-refractivity contribution in [2.45, 2.75) is 115 Å². The summed E-state index contributed by atoms with van der Waals surface area (Å²) in [7, 11) is 0. The number of hydrogen-bond donors (Lipinski definition) is 1. The van der Waals surface area contributed by atoms with E-state index in [9.17, 15) is 9.90 Å². The van der Waals surface area contributed by atoms with Crippen molar-refractivity contribution in [1.29, 1.82) is 0 Å². The zero-order valence-electron chi connectivity index (χ0n) is 23.7. The number of carbonyl (C=O) groups is 1. The zero-order valence-corrected chi connectivity index (χ0v) is 23.7. The maximum absolute atomic E-state index is 12.3. The van der Waals surface area contributed by atoms with Crippen molar-refractivity contribution in [1.82, 2.24) is 0 Å². The predicted octanol–water partition coefficient (Wildman–Crippen LogP) is 5.38. The topological polar surface area (TPSA) is 83.5 Å². The third-order valence-electron chi connectivity index (χ3n) is 9.31. The molecule has 7 heteroatoms. The molecule has 2 heterocycles. The minimum Gasteiger partial charge on any atom is -0.482 e. The van der Waals surface area contributed by atoms with Gasteiger partial charge in [0.2, 0.25) is 0 Å². The molecule has 1 saturated carbocycles. The molecule has 2 saturated heterocycles. The van der Waals surface area contributed by atoms with Crippen LogP contribution < -0.4 is 4.74 Å². The molecule has 0 spiro atoms. The summed E-state index contributed by atoms with van der Waals surface area (Å²) in [6.07, 6.45) is 13.1. The summed E-state index contributed by atoms with van der Waals surface area (Å²) < 4.78 is 29.1. The van der Waals surface area contributed by atoms with Crippen molar-refractivity contribution in [2.75, 3.05) is 26.4 Å². The van der Waals surface area contributed by atoms with E-state index in [0.29, 0.717) is 31.0 Å². The highest BCUT2D eigenvalue weighted by molar-refractivity contribution is 5.71. The fourth-order valence-corrected chi connectivity index (χ4v) is 7.22. The molecule has 218 valence electrons. The summed E-state index contributed by atoms with van der Waals surface area (Å²) in [5.74, 6) is 1.63. The standard InChI is InChI=1S/C32H48O7/c1-2-3-4-9-24(39-32-11-5-6-15-36-32)12-13-26-27-17-22-8-7-10-30(28(22)18-23(27)19-29(26)33)37-21-31(34)38-25-14-16-35-20-25/h7-8,10,23-27,29,32-33H,2-6,9,11-21H2,1H3/t23-,24-,25?,26+,27-,29+,32?/m0/s1. The Hall–Kier alpha value is -1.67. The average molecular weight is 545 g/mol. The van der Waals surface area contributed by atoms with Gasteiger partial charge in [-0.2, -0.15) is 0 Å². The van der Waals surface area contributed by atoms with Crippen LogP contribution in [-0.2, 0) is 36.6 Å². The number of rotatable bonds is 13. The number of aliphatic hydroxyl groups is 1. The third kappa shape index (κ3) is 7.75. The van der Waals surface area contributed by atoms with Crippen molar-refractivity contribution in [3.8, 4) is 5.75 Å². The van der Waals surface area contributed by atoms with E-state index >= 15 is 0 Å². The van der Waals surface area contributed by atoms with Crippen LogP contribution in [0.2, 0.25) is 0 Å². The number of carbonyl (C=O) groups excluding carboxylic acids is 1. The Labute approximate surface area is 233 Å². The van der Waals surface area contributed by atoms with Gasteiger partial charge in [0.1, 0.15) is 11.9 Å². The van der Waals surface area contributed by atoms with Gasteiger partial charge in [0.05, 0.1) is 25.4 Å². The first-order valence-electron chi connectivity index (χ1n) is 15.6. The quantitative estimate of drug-likeness (QED) is 0.264. The minimum absolute atomic E-state index is 0.0598. The van der Waals surface area contributed by atoms with Gasteiger partial charge in [-0.15, -0.1) is 0 Å². The van der Waals surface area contributed by atoms with Crippen molar-refractivity contribution >= 4 is 5.97 Å². The first kappa shape index (κ1) is 28.8. The lowest BCUT2D eigenvalue weighted by Gasteiger charge is -2.33. The molecule has 7 atom stereocenters. The molecule has 4 aliphatic rings. The van der Waals surface area contributed by atoms with Crippen LogP contribution in [0.25, 0.3) is 0 Å². The fraction of sp³-hybridized carbons (Fsp3) is 0.781. The van der Waals surface area contributed by atoms with Gasteiger partial charge in [0.25, 0.3) is 0 Å². The molecule has 1 aromatic carbocycles. The molecular formula is C32H48O7. The summed E-state index contributed by atoms with van der Waals surface area (Å²) in [4.78, 5) is 12.3. The molecule has 1 N–H and O–H groups in total. The van der Waals surface area contributed by atoms with E-state index < -0.39 is 0 Å². The van der Waals surface area contributed by atoms with Crippen LogP contribution in [-0.4, -0.2) is 62.1 Å². The molecule has 2 aliphatic carbocycles. The molecule has 5 rings (SSSR count). The lowest BCUT2D eigenvalue weighted by Crippen LogP contribution is -2.31. The highest BCUT2D eigenvalue weighted by atomic mass is 16.7. The molecular weight excluding hydrogens is 496 g/mol. The predicted molar refractivity (Wildman–Crippen MR) is 148 cm³/mol. The Kier molecular flexibility index (Phi) is 10.6. The van der Waals surface area contributed by atoms with Crippen LogP contribution in [0, 0.1) is 17.8 Å². The van der Waals surface area contributed by atoms with Crippen LogP contribution in [0.1, 0.15) is 88.7 Å². The highest BCUT2D eigenvalue weighted by Crippen LogP contribution is 2.48. The molecule has 2 unspecified atom stereocenters. The Morgan fingerprint density at radius 2 is 2.05 bits per heavy atom. The number of hydrogen-bond acceptors (Lipinski definition) is 7. The molecule has 0 radical (unpaired) electrons. The number of aliphatic hydroxyl groups excluding tert-OH is 1. The molecule has 0 aromatic heterocycles. The molecule has 1 aromatic rings. The van der Waals surface area contributed by atoms with Crippen molar-refractivity contribution in [3.63, 3.8) is 0 Å². The van der Waals surface area contributed by atoms with Crippen LogP contribution in [0.5, 0.6) is 5.75 Å². The maximum atomic E-state index is 12.3. The molecule has 0 amide bonds. The van der Waals surface area contributed by atoms with Gasteiger partial charge >= 0.3 is 5.97 Å². The third-order valence-corrected chi connectivity index (χ3v) is 9.31. The second-order valence-electron chi connectivity index (χ2n) is 12.1. The highest BCUT2D eigenvalue weighted by Gasteiger charge is 2.45. The van der Waals surface area contributed by atoms with Crippen LogP contribution >= 0.6 is 0 Å². The van der Waals surface area contributed by atoms with Crippen molar-refractivity contribution in [2.24, 2.45) is 17.8 Å². The fourth-order valence-electron chi connectivity index (χ4n) is 7.22. The molecule has 2 aliphatic heterocycles. The van der Waals surface area contributed by atoms with E-state index in [1.54, 1.807) is 0 Å². The van der Waals surface area contributed by atoms with Gasteiger partial charge in [0, 0.05) is 13.0 Å². The Bertz CT molecular complexity index is 908. The van der Waals surface area contributed by atoms with E-state index in [1.807, 2.05) is 12.1 Å². The van der Waals surface area contributed by atoms with Gasteiger partial charge in [0.15, 0.2) is 12.9 Å². The summed E-state index contributed by atoms with van der Waals surface area (Å²) in [6, 6.07) is 6.16. The van der Waals surface area contributed by atoms with E-state index in [2.05, 4.69) is 13.0 Å². The zero-order chi connectivity index (χ0) is 27.0. The van der Waals surface area contributed by atoms with E-state index in [-0.39, 0.29) is 37.2 Å². The number of ether oxygens (including phenoxy) is 5. The van der Waals surface area contributed by atoms with Gasteiger partial charge in [-0.05, 0) is 92.7 Å². The van der Waals surface area contributed by atoms with Gasteiger partial charge in [-0.1, -0.05) is 38.3 Å². The van der Waals surface area contributed by atoms with Crippen molar-refractivity contribution < 1.29 is 33.6 Å². The number of fused-ring (bicyclic) bond motifs is 2. The molecule has 39 heavy (non-hydrogen) atoms. The number of unbranched alkanes of at least 4 members (excludes halogenated alkanes) is 2. The number of esters is 1. The van der Waals surface area contributed by atoms with E-state index in [1.165, 1.54) is 36.8 Å². The first-order valence-corrected chi connectivity index (χ1v) is 15.6. The van der Waals surface area contributed by atoms with Crippen LogP contribution in [0.15, 0.2) is 18.2 Å².